The molecule has 112 valence electrons. The third-order valence-corrected chi connectivity index (χ3v) is 4.12. The van der Waals surface area contributed by atoms with E-state index in [4.69, 9.17) is 0 Å². The van der Waals surface area contributed by atoms with Crippen molar-refractivity contribution < 1.29 is 4.79 Å². The molecule has 0 aliphatic carbocycles. The topological polar surface area (TPSA) is 22.0 Å². The first kappa shape index (κ1) is 14.6. The zero-order chi connectivity index (χ0) is 15.5. The van der Waals surface area contributed by atoms with Gasteiger partial charge in [0.05, 0.1) is 0 Å². The summed E-state index contributed by atoms with van der Waals surface area (Å²) < 4.78 is 2.22. The molecule has 0 amide bonds. The van der Waals surface area contributed by atoms with Gasteiger partial charge in [0.2, 0.25) is 0 Å². The molecule has 0 bridgehead atoms. The summed E-state index contributed by atoms with van der Waals surface area (Å²) >= 11 is 0. The lowest BCUT2D eigenvalue weighted by Crippen LogP contribution is -1.98. The molecule has 0 spiro atoms. The summed E-state index contributed by atoms with van der Waals surface area (Å²) in [7, 11) is 0. The van der Waals surface area contributed by atoms with Crippen molar-refractivity contribution in [2.75, 3.05) is 0 Å². The molecule has 0 N–H and O–H groups in total. The molecule has 1 heterocycles. The maximum Gasteiger partial charge on any atom is 0.161 e. The maximum atomic E-state index is 11.9. The highest BCUT2D eigenvalue weighted by Crippen LogP contribution is 2.24. The van der Waals surface area contributed by atoms with Crippen LogP contribution in [0.2, 0.25) is 0 Å². The van der Waals surface area contributed by atoms with E-state index < -0.39 is 0 Å². The van der Waals surface area contributed by atoms with Crippen molar-refractivity contribution in [1.29, 1.82) is 0 Å². The third-order valence-electron chi connectivity index (χ3n) is 4.12. The summed E-state index contributed by atoms with van der Waals surface area (Å²) in [6.45, 7) is 4.64. The number of hydrogen-bond donors (Lipinski definition) is 0. The fraction of sp³-hybridized carbons (Fsp3) is 0.250. The monoisotopic (exact) mass is 291 g/mol. The molecule has 0 aliphatic rings. The molecule has 0 atom stereocenters. The minimum absolute atomic E-state index is 0.136. The molecule has 0 saturated heterocycles. The van der Waals surface area contributed by atoms with E-state index in [1.54, 1.807) is 6.92 Å². The van der Waals surface area contributed by atoms with E-state index in [0.717, 1.165) is 35.9 Å². The highest BCUT2D eigenvalue weighted by Gasteiger charge is 2.11. The molecule has 0 fully saturated rings. The van der Waals surface area contributed by atoms with Crippen LogP contribution in [0.5, 0.6) is 0 Å². The second-order valence-corrected chi connectivity index (χ2v) is 5.90. The van der Waals surface area contributed by atoms with Crippen molar-refractivity contribution in [3.63, 3.8) is 0 Å². The highest BCUT2D eigenvalue weighted by atomic mass is 16.1. The molecule has 0 unspecified atom stereocenters. The number of benzene rings is 2. The smallest absolute Gasteiger partial charge is 0.161 e. The van der Waals surface area contributed by atoms with Gasteiger partial charge in [-0.1, -0.05) is 42.0 Å². The van der Waals surface area contributed by atoms with Crippen LogP contribution in [0.3, 0.4) is 0 Å². The van der Waals surface area contributed by atoms with Crippen molar-refractivity contribution in [2.45, 2.75) is 33.2 Å². The largest absolute Gasteiger partial charge is 0.347 e. The van der Waals surface area contributed by atoms with Crippen molar-refractivity contribution in [3.8, 4) is 0 Å². The Morgan fingerprint density at radius 2 is 1.86 bits per heavy atom. The summed E-state index contributed by atoms with van der Waals surface area (Å²) in [5, 5.41) is 1.08. The second-order valence-electron chi connectivity index (χ2n) is 5.90. The van der Waals surface area contributed by atoms with E-state index in [1.807, 2.05) is 12.3 Å². The van der Waals surface area contributed by atoms with Crippen molar-refractivity contribution in [2.24, 2.45) is 0 Å². The van der Waals surface area contributed by atoms with Gasteiger partial charge >= 0.3 is 0 Å². The van der Waals surface area contributed by atoms with Crippen LogP contribution in [0, 0.1) is 6.92 Å². The Morgan fingerprint density at radius 1 is 1.09 bits per heavy atom. The molecule has 2 aromatic carbocycles. The Balaban J connectivity index is 1.83. The van der Waals surface area contributed by atoms with Gasteiger partial charge in [-0.25, -0.2) is 0 Å². The van der Waals surface area contributed by atoms with Gasteiger partial charge in [0.15, 0.2) is 5.78 Å². The van der Waals surface area contributed by atoms with Crippen LogP contribution in [0.15, 0.2) is 54.7 Å². The summed E-state index contributed by atoms with van der Waals surface area (Å²) in [5.74, 6) is 0.136. The lowest BCUT2D eigenvalue weighted by atomic mass is 10.1. The quantitative estimate of drug-likeness (QED) is 0.620. The van der Waals surface area contributed by atoms with Crippen LogP contribution in [0.4, 0.5) is 0 Å². The van der Waals surface area contributed by atoms with Gasteiger partial charge < -0.3 is 4.57 Å². The number of nitrogens with zero attached hydrogens (tertiary/aromatic N) is 1. The van der Waals surface area contributed by atoms with E-state index in [9.17, 15) is 4.79 Å². The highest BCUT2D eigenvalue weighted by molar-refractivity contribution is 6.07. The van der Waals surface area contributed by atoms with E-state index >= 15 is 0 Å². The molecule has 2 nitrogen and oxygen atoms in total. The third kappa shape index (κ3) is 2.96. The number of fused-ring (bicyclic) bond motifs is 1. The summed E-state index contributed by atoms with van der Waals surface area (Å²) in [6.07, 6.45) is 4.14. The first-order valence-corrected chi connectivity index (χ1v) is 7.79. The number of hydrogen-bond acceptors (Lipinski definition) is 1. The molecule has 1 aromatic heterocycles. The first-order valence-electron chi connectivity index (χ1n) is 7.79. The molecule has 0 saturated carbocycles. The predicted molar refractivity (Wildman–Crippen MR) is 91.4 cm³/mol. The zero-order valence-electron chi connectivity index (χ0n) is 13.2. The van der Waals surface area contributed by atoms with Crippen LogP contribution < -0.4 is 0 Å². The van der Waals surface area contributed by atoms with Crippen molar-refractivity contribution in [1.82, 2.24) is 4.57 Å². The van der Waals surface area contributed by atoms with E-state index in [2.05, 4.69) is 54.0 Å². The first-order chi connectivity index (χ1) is 10.6. The van der Waals surface area contributed by atoms with Crippen LogP contribution in [-0.4, -0.2) is 10.4 Å². The Kier molecular flexibility index (Phi) is 4.10. The summed E-state index contributed by atoms with van der Waals surface area (Å²) in [5.41, 5.74) is 4.54. The van der Waals surface area contributed by atoms with Crippen LogP contribution >= 0.6 is 0 Å². The number of Topliss-reactive ketones (excluding diaryl/α,β-unsaturated/α-hetero) is 1. The Bertz CT molecular complexity index is 799. The number of aryl methyl sites for hydroxylation is 3. The molecular formula is C20H21NO. The molecule has 2 heteroatoms. The number of carbonyl (C=O) groups excluding carboxylic acids is 1. The lowest BCUT2D eigenvalue weighted by Gasteiger charge is -2.06. The molecule has 3 aromatic rings. The van der Waals surface area contributed by atoms with Crippen molar-refractivity contribution in [3.05, 3.63) is 71.4 Å². The Labute approximate surface area is 131 Å². The summed E-state index contributed by atoms with van der Waals surface area (Å²) in [4.78, 5) is 11.9. The van der Waals surface area contributed by atoms with Gasteiger partial charge in [-0.2, -0.15) is 0 Å². The van der Waals surface area contributed by atoms with E-state index in [1.165, 1.54) is 11.1 Å². The van der Waals surface area contributed by atoms with Gasteiger partial charge in [0.1, 0.15) is 0 Å². The van der Waals surface area contributed by atoms with Crippen LogP contribution in [-0.2, 0) is 13.0 Å². The number of ketones is 1. The fourth-order valence-corrected chi connectivity index (χ4v) is 2.97. The summed E-state index contributed by atoms with van der Waals surface area (Å²) in [6, 6.07) is 16.9. The average molecular weight is 291 g/mol. The standard InChI is InChI=1S/C20H21NO/c1-15-10-11-20-18(13-15)19(16(2)22)14-21(20)12-6-9-17-7-4-3-5-8-17/h3-5,7-8,10-11,13-14H,6,9,12H2,1-2H3. The van der Waals surface area contributed by atoms with Crippen LogP contribution in [0.25, 0.3) is 10.9 Å². The van der Waals surface area contributed by atoms with E-state index in [0.29, 0.717) is 0 Å². The molecule has 0 radical (unpaired) electrons. The molecule has 3 rings (SSSR count). The Morgan fingerprint density at radius 3 is 2.59 bits per heavy atom. The fourth-order valence-electron chi connectivity index (χ4n) is 2.97. The normalized spacial score (nSPS) is 11.0. The second kappa shape index (κ2) is 6.18. The molecular weight excluding hydrogens is 270 g/mol. The van der Waals surface area contributed by atoms with Gasteiger partial charge in [-0.15, -0.1) is 0 Å². The van der Waals surface area contributed by atoms with E-state index in [-0.39, 0.29) is 5.78 Å². The number of rotatable bonds is 5. The van der Waals surface area contributed by atoms with Gasteiger partial charge in [0, 0.05) is 29.2 Å². The minimum Gasteiger partial charge on any atom is -0.347 e. The van der Waals surface area contributed by atoms with Gasteiger partial charge in [-0.3, -0.25) is 4.79 Å². The molecule has 0 aliphatic heterocycles. The molecule has 22 heavy (non-hydrogen) atoms. The van der Waals surface area contributed by atoms with Crippen LogP contribution in [0.1, 0.15) is 34.8 Å². The van der Waals surface area contributed by atoms with Crippen molar-refractivity contribution >= 4 is 16.7 Å². The minimum atomic E-state index is 0.136. The SMILES string of the molecule is CC(=O)c1cn(CCCc2ccccc2)c2ccc(C)cc12. The van der Waals surface area contributed by atoms with Gasteiger partial charge in [-0.05, 0) is 44.4 Å². The number of aromatic nitrogens is 1. The zero-order valence-corrected chi connectivity index (χ0v) is 13.2. The maximum absolute atomic E-state index is 11.9. The number of carbonyl (C=O) groups is 1. The predicted octanol–water partition coefficient (Wildman–Crippen LogP) is 4.79. The van der Waals surface area contributed by atoms with Gasteiger partial charge in [0.25, 0.3) is 0 Å². The average Bonchev–Trinajstić information content (AvgIpc) is 2.86. The Hall–Kier alpha value is -2.35. The lowest BCUT2D eigenvalue weighted by molar-refractivity contribution is 0.101.